The van der Waals surface area contributed by atoms with Crippen molar-refractivity contribution in [3.05, 3.63) is 35.5 Å². The number of rotatable bonds is 4. The molecule has 2 aromatic heterocycles. The van der Waals surface area contributed by atoms with E-state index in [4.69, 9.17) is 5.73 Å². The average molecular weight is 300 g/mol. The van der Waals surface area contributed by atoms with Crippen molar-refractivity contribution in [3.63, 3.8) is 0 Å². The topological polar surface area (TPSA) is 98.7 Å². The van der Waals surface area contributed by atoms with Crippen LogP contribution in [-0.2, 0) is 19.8 Å². The Morgan fingerprint density at radius 1 is 1.43 bits per heavy atom. The Labute approximate surface area is 117 Å². The first kappa shape index (κ1) is 14.8. The van der Waals surface area contributed by atoms with Gasteiger partial charge in [-0.15, -0.1) is 0 Å². The van der Waals surface area contributed by atoms with E-state index in [2.05, 4.69) is 20.4 Å². The van der Waals surface area contributed by atoms with E-state index >= 15 is 0 Å². The van der Waals surface area contributed by atoms with E-state index in [1.165, 1.54) is 11.0 Å². The lowest BCUT2D eigenvalue weighted by atomic mass is 10.2. The van der Waals surface area contributed by atoms with Crippen LogP contribution in [0.15, 0.2) is 18.5 Å². The Hall–Kier alpha value is -2.65. The fourth-order valence-corrected chi connectivity index (χ4v) is 1.58. The third kappa shape index (κ3) is 3.46. The molecule has 7 nitrogen and oxygen atoms in total. The summed E-state index contributed by atoms with van der Waals surface area (Å²) in [5.74, 6) is -0.801. The smallest absolute Gasteiger partial charge is 0.365 e. The van der Waals surface area contributed by atoms with Crippen LogP contribution in [-0.4, -0.2) is 25.7 Å². The van der Waals surface area contributed by atoms with Gasteiger partial charge < -0.3 is 11.1 Å². The zero-order valence-electron chi connectivity index (χ0n) is 10.8. The Morgan fingerprint density at radius 3 is 2.67 bits per heavy atom. The fraction of sp³-hybridized carbons (Fsp3) is 0.273. The summed E-state index contributed by atoms with van der Waals surface area (Å²) in [6.45, 7) is 0.00936. The molecule has 3 N–H and O–H groups in total. The molecule has 0 fully saturated rings. The summed E-state index contributed by atoms with van der Waals surface area (Å²) in [6.07, 6.45) is -3.18. The maximum absolute atomic E-state index is 12.6. The van der Waals surface area contributed by atoms with Crippen molar-refractivity contribution in [2.75, 3.05) is 5.32 Å². The molecule has 0 spiro atoms. The molecule has 0 aliphatic heterocycles. The number of halogens is 3. The largest absolute Gasteiger partial charge is 0.433 e. The molecule has 0 aliphatic carbocycles. The van der Waals surface area contributed by atoms with Gasteiger partial charge in [0, 0.05) is 7.05 Å². The number of anilines is 1. The van der Waals surface area contributed by atoms with E-state index < -0.39 is 17.8 Å². The highest BCUT2D eigenvalue weighted by molar-refractivity contribution is 5.97. The summed E-state index contributed by atoms with van der Waals surface area (Å²) in [7, 11) is 1.65. The Kier molecular flexibility index (Phi) is 3.78. The standard InChI is InChI=1S/C11H11F3N6O/c1-20-5-17-8(19-20)4-16-10-6(9(15)21)2-3-7(18-10)11(12,13)14/h2-3,5H,4H2,1H3,(H2,15,21)(H,16,18). The number of hydrogen-bond donors (Lipinski definition) is 2. The van der Waals surface area contributed by atoms with Crippen molar-refractivity contribution >= 4 is 11.7 Å². The molecular formula is C11H11F3N6O. The van der Waals surface area contributed by atoms with Crippen molar-refractivity contribution in [2.24, 2.45) is 12.8 Å². The third-order valence-corrected chi connectivity index (χ3v) is 2.51. The summed E-state index contributed by atoms with van der Waals surface area (Å²) in [5.41, 5.74) is 3.85. The maximum atomic E-state index is 12.6. The number of aryl methyl sites for hydroxylation is 1. The summed E-state index contributed by atoms with van der Waals surface area (Å²) >= 11 is 0. The Bertz CT molecular complexity index is 666. The molecule has 2 rings (SSSR count). The number of nitrogens with one attached hydrogen (secondary N) is 1. The number of nitrogens with zero attached hydrogens (tertiary/aromatic N) is 4. The highest BCUT2D eigenvalue weighted by Gasteiger charge is 2.33. The molecule has 21 heavy (non-hydrogen) atoms. The van der Waals surface area contributed by atoms with E-state index in [0.717, 1.165) is 6.07 Å². The van der Waals surface area contributed by atoms with Crippen LogP contribution in [0.25, 0.3) is 0 Å². The van der Waals surface area contributed by atoms with Gasteiger partial charge in [-0.25, -0.2) is 9.97 Å². The van der Waals surface area contributed by atoms with Gasteiger partial charge in [0.25, 0.3) is 5.91 Å². The minimum atomic E-state index is -4.62. The van der Waals surface area contributed by atoms with Crippen molar-refractivity contribution in [1.29, 1.82) is 0 Å². The second kappa shape index (κ2) is 5.38. The molecule has 0 aliphatic rings. The van der Waals surface area contributed by atoms with Crippen LogP contribution < -0.4 is 11.1 Å². The van der Waals surface area contributed by atoms with E-state index in [1.807, 2.05) is 0 Å². The predicted molar refractivity (Wildman–Crippen MR) is 66.1 cm³/mol. The van der Waals surface area contributed by atoms with Crippen LogP contribution >= 0.6 is 0 Å². The molecule has 2 heterocycles. The molecule has 0 unspecified atom stereocenters. The van der Waals surface area contributed by atoms with Crippen LogP contribution in [0.4, 0.5) is 19.0 Å². The monoisotopic (exact) mass is 300 g/mol. The summed E-state index contributed by atoms with van der Waals surface area (Å²) in [5, 5.41) is 6.53. The lowest BCUT2D eigenvalue weighted by molar-refractivity contribution is -0.141. The number of carbonyl (C=O) groups excluding carboxylic acids is 1. The molecule has 10 heteroatoms. The Morgan fingerprint density at radius 2 is 2.14 bits per heavy atom. The van der Waals surface area contributed by atoms with Crippen LogP contribution in [0.2, 0.25) is 0 Å². The lowest BCUT2D eigenvalue weighted by Gasteiger charge is -2.11. The van der Waals surface area contributed by atoms with E-state index in [9.17, 15) is 18.0 Å². The lowest BCUT2D eigenvalue weighted by Crippen LogP contribution is -2.18. The minimum absolute atomic E-state index is 0.00936. The van der Waals surface area contributed by atoms with Gasteiger partial charge in [-0.2, -0.15) is 18.3 Å². The van der Waals surface area contributed by atoms with Gasteiger partial charge in [-0.05, 0) is 12.1 Å². The first-order valence-corrected chi connectivity index (χ1v) is 5.74. The SMILES string of the molecule is Cn1cnc(CNc2nc(C(F)(F)F)ccc2C(N)=O)n1. The number of primary amides is 1. The van der Waals surface area contributed by atoms with Crippen LogP contribution in [0.5, 0.6) is 0 Å². The van der Waals surface area contributed by atoms with E-state index in [1.54, 1.807) is 7.05 Å². The van der Waals surface area contributed by atoms with E-state index in [-0.39, 0.29) is 17.9 Å². The van der Waals surface area contributed by atoms with Crippen molar-refractivity contribution in [3.8, 4) is 0 Å². The molecule has 2 aromatic rings. The van der Waals surface area contributed by atoms with E-state index in [0.29, 0.717) is 11.9 Å². The van der Waals surface area contributed by atoms with Gasteiger partial charge in [-0.3, -0.25) is 9.48 Å². The molecule has 0 saturated carbocycles. The average Bonchev–Trinajstić information content (AvgIpc) is 2.80. The van der Waals surface area contributed by atoms with Crippen LogP contribution in [0, 0.1) is 0 Å². The molecule has 0 radical (unpaired) electrons. The number of aromatic nitrogens is 4. The number of amides is 1. The van der Waals surface area contributed by atoms with Crippen molar-refractivity contribution in [1.82, 2.24) is 19.7 Å². The van der Waals surface area contributed by atoms with Crippen LogP contribution in [0.1, 0.15) is 21.9 Å². The number of hydrogen-bond acceptors (Lipinski definition) is 5. The molecule has 1 amide bonds. The first-order chi connectivity index (χ1) is 9.77. The number of alkyl halides is 3. The van der Waals surface area contributed by atoms with Crippen molar-refractivity contribution < 1.29 is 18.0 Å². The second-order valence-electron chi connectivity index (χ2n) is 4.14. The predicted octanol–water partition coefficient (Wildman–Crippen LogP) is 0.940. The first-order valence-electron chi connectivity index (χ1n) is 5.74. The highest BCUT2D eigenvalue weighted by Crippen LogP contribution is 2.29. The van der Waals surface area contributed by atoms with Gasteiger partial charge >= 0.3 is 6.18 Å². The highest BCUT2D eigenvalue weighted by atomic mass is 19.4. The minimum Gasteiger partial charge on any atom is -0.365 e. The van der Waals surface area contributed by atoms with Gasteiger partial charge in [0.1, 0.15) is 17.8 Å². The van der Waals surface area contributed by atoms with Gasteiger partial charge in [-0.1, -0.05) is 0 Å². The molecule has 0 aromatic carbocycles. The number of pyridine rings is 1. The van der Waals surface area contributed by atoms with Gasteiger partial charge in [0.2, 0.25) is 0 Å². The third-order valence-electron chi connectivity index (χ3n) is 2.51. The molecule has 0 saturated heterocycles. The van der Waals surface area contributed by atoms with Crippen LogP contribution in [0.3, 0.4) is 0 Å². The maximum Gasteiger partial charge on any atom is 0.433 e. The zero-order chi connectivity index (χ0) is 15.6. The van der Waals surface area contributed by atoms with Crippen molar-refractivity contribution in [2.45, 2.75) is 12.7 Å². The molecule has 0 atom stereocenters. The molecular weight excluding hydrogens is 289 g/mol. The number of carbonyl (C=O) groups is 1. The normalized spacial score (nSPS) is 11.4. The molecule has 0 bridgehead atoms. The summed E-state index contributed by atoms with van der Waals surface area (Å²) in [4.78, 5) is 18.5. The second-order valence-corrected chi connectivity index (χ2v) is 4.14. The fourth-order valence-electron chi connectivity index (χ4n) is 1.58. The quantitative estimate of drug-likeness (QED) is 0.875. The Balaban J connectivity index is 2.28. The van der Waals surface area contributed by atoms with Gasteiger partial charge in [0.15, 0.2) is 5.82 Å². The molecule has 112 valence electrons. The summed E-state index contributed by atoms with van der Waals surface area (Å²) in [6, 6.07) is 1.68. The van der Waals surface area contributed by atoms with Gasteiger partial charge in [0.05, 0.1) is 12.1 Å². The zero-order valence-corrected chi connectivity index (χ0v) is 10.8. The summed E-state index contributed by atoms with van der Waals surface area (Å²) < 4.78 is 39.3. The number of nitrogens with two attached hydrogens (primary N) is 1.